The maximum atomic E-state index is 13.0. The summed E-state index contributed by atoms with van der Waals surface area (Å²) in [6.07, 6.45) is 2.14. The van der Waals surface area contributed by atoms with E-state index in [0.717, 1.165) is 52.9 Å². The number of nitrogens with zero attached hydrogens (tertiary/aromatic N) is 3. The number of nitrogens with one attached hydrogen (secondary N) is 1. The van der Waals surface area contributed by atoms with Gasteiger partial charge in [-0.05, 0) is 36.5 Å². The van der Waals surface area contributed by atoms with Crippen molar-refractivity contribution < 1.29 is 14.7 Å². The molecule has 1 fully saturated rings. The Morgan fingerprint density at radius 2 is 1.82 bits per heavy atom. The molecule has 1 saturated carbocycles. The topological polar surface area (TPSA) is 106 Å². The van der Waals surface area contributed by atoms with E-state index in [2.05, 4.69) is 11.4 Å². The largest absolute Gasteiger partial charge is 0.465 e. The summed E-state index contributed by atoms with van der Waals surface area (Å²) in [5, 5.41) is 21.1. The van der Waals surface area contributed by atoms with Gasteiger partial charge in [-0.15, -0.1) is 0 Å². The Morgan fingerprint density at radius 3 is 2.44 bits per heavy atom. The summed E-state index contributed by atoms with van der Waals surface area (Å²) in [4.78, 5) is 30.8. The fraction of sp³-hybridized carbons (Fsp3) is 0.259. The third-order valence-electron chi connectivity index (χ3n) is 6.85. The molecule has 2 heterocycles. The molecule has 34 heavy (non-hydrogen) atoms. The van der Waals surface area contributed by atoms with Gasteiger partial charge < -0.3 is 15.3 Å². The summed E-state index contributed by atoms with van der Waals surface area (Å²) in [6.45, 7) is 0.535. The number of amides is 2. The highest BCUT2D eigenvalue weighted by atomic mass is 16.4. The summed E-state index contributed by atoms with van der Waals surface area (Å²) in [7, 11) is 0. The Balaban J connectivity index is 1.58. The fourth-order valence-electron chi connectivity index (χ4n) is 4.90. The first kappa shape index (κ1) is 21.7. The average molecular weight is 453 g/mol. The molecule has 2 aromatic carbocycles. The lowest BCUT2D eigenvalue weighted by molar-refractivity contribution is 0.0759. The number of carbonyl (C=O) groups excluding carboxylic acids is 1. The van der Waals surface area contributed by atoms with Crippen LogP contribution in [0.15, 0.2) is 60.7 Å². The lowest BCUT2D eigenvalue weighted by Crippen LogP contribution is -2.50. The first-order chi connectivity index (χ1) is 16.5. The van der Waals surface area contributed by atoms with Crippen LogP contribution in [-0.2, 0) is 12.0 Å². The van der Waals surface area contributed by atoms with E-state index >= 15 is 0 Å². The minimum atomic E-state index is -1.01. The van der Waals surface area contributed by atoms with E-state index in [9.17, 15) is 14.7 Å². The molecule has 1 aromatic heterocycles. The van der Waals surface area contributed by atoms with Crippen LogP contribution in [-0.4, -0.2) is 40.1 Å². The van der Waals surface area contributed by atoms with Gasteiger partial charge in [-0.2, -0.15) is 5.26 Å². The molecule has 0 bridgehead atoms. The van der Waals surface area contributed by atoms with Crippen LogP contribution >= 0.6 is 0 Å². The fourth-order valence-corrected chi connectivity index (χ4v) is 4.90. The molecule has 0 spiro atoms. The van der Waals surface area contributed by atoms with Crippen molar-refractivity contribution in [3.8, 4) is 28.5 Å². The van der Waals surface area contributed by atoms with E-state index in [0.29, 0.717) is 18.5 Å². The average Bonchev–Trinajstić information content (AvgIpc) is 2.83. The molecule has 2 N–H and O–H groups in total. The Morgan fingerprint density at radius 1 is 1.09 bits per heavy atom. The molecule has 0 unspecified atom stereocenters. The Bertz CT molecular complexity index is 1290. The van der Waals surface area contributed by atoms with Crippen LogP contribution in [0.2, 0.25) is 0 Å². The van der Waals surface area contributed by atoms with Crippen LogP contribution in [0, 0.1) is 11.3 Å². The number of fused-ring (bicyclic) bond motifs is 1. The second kappa shape index (κ2) is 8.64. The van der Waals surface area contributed by atoms with E-state index in [-0.39, 0.29) is 12.5 Å². The zero-order valence-corrected chi connectivity index (χ0v) is 18.6. The van der Waals surface area contributed by atoms with Crippen molar-refractivity contribution in [2.75, 3.05) is 13.1 Å². The summed E-state index contributed by atoms with van der Waals surface area (Å²) in [5.41, 5.74) is 5.19. The van der Waals surface area contributed by atoms with Crippen LogP contribution in [0.4, 0.5) is 4.79 Å². The molecule has 170 valence electrons. The number of carboxylic acid groups (broad SMARTS) is 1. The van der Waals surface area contributed by atoms with Crippen molar-refractivity contribution in [3.05, 3.63) is 77.5 Å². The van der Waals surface area contributed by atoms with Gasteiger partial charge in [-0.3, -0.25) is 9.78 Å². The third-order valence-corrected chi connectivity index (χ3v) is 6.85. The lowest BCUT2D eigenvalue weighted by atomic mass is 9.71. The van der Waals surface area contributed by atoms with Crippen molar-refractivity contribution >= 4 is 12.0 Å². The number of pyridine rings is 1. The molecular formula is C27H24N4O3. The minimum absolute atomic E-state index is 0.0638. The highest BCUT2D eigenvalue weighted by Crippen LogP contribution is 2.42. The second-order valence-corrected chi connectivity index (χ2v) is 8.82. The van der Waals surface area contributed by atoms with Gasteiger partial charge in [0.05, 0.1) is 28.6 Å². The van der Waals surface area contributed by atoms with Gasteiger partial charge in [0.1, 0.15) is 6.54 Å². The predicted octanol–water partition coefficient (Wildman–Crippen LogP) is 4.58. The van der Waals surface area contributed by atoms with Gasteiger partial charge in [0.15, 0.2) is 0 Å². The van der Waals surface area contributed by atoms with Crippen molar-refractivity contribution in [1.82, 2.24) is 15.2 Å². The summed E-state index contributed by atoms with van der Waals surface area (Å²) >= 11 is 0. The number of rotatable bonds is 5. The number of benzene rings is 2. The molecule has 1 aliphatic heterocycles. The molecule has 3 aromatic rings. The Labute approximate surface area is 197 Å². The van der Waals surface area contributed by atoms with Crippen LogP contribution in [0.3, 0.4) is 0 Å². The zero-order valence-electron chi connectivity index (χ0n) is 18.6. The van der Waals surface area contributed by atoms with E-state index in [1.165, 1.54) is 0 Å². The second-order valence-electron chi connectivity index (χ2n) is 8.82. The first-order valence-electron chi connectivity index (χ1n) is 11.4. The molecule has 2 aliphatic rings. The quantitative estimate of drug-likeness (QED) is 0.551. The van der Waals surface area contributed by atoms with Crippen molar-refractivity contribution in [2.24, 2.45) is 0 Å². The predicted molar refractivity (Wildman–Crippen MR) is 127 cm³/mol. The number of nitriles is 1. The van der Waals surface area contributed by atoms with E-state index in [4.69, 9.17) is 10.2 Å². The number of hydrogen-bond donors (Lipinski definition) is 2. The minimum Gasteiger partial charge on any atom is -0.465 e. The highest BCUT2D eigenvalue weighted by molar-refractivity contribution is 5.99. The lowest BCUT2D eigenvalue weighted by Gasteiger charge is -2.42. The molecule has 0 saturated heterocycles. The number of hydrogen-bond acceptors (Lipinski definition) is 4. The van der Waals surface area contributed by atoms with Gasteiger partial charge in [0.25, 0.3) is 5.91 Å². The van der Waals surface area contributed by atoms with Crippen molar-refractivity contribution in [1.29, 1.82) is 5.26 Å². The maximum Gasteiger partial charge on any atom is 0.405 e. The van der Waals surface area contributed by atoms with Gasteiger partial charge in [0.2, 0.25) is 0 Å². The van der Waals surface area contributed by atoms with Gasteiger partial charge in [-0.1, -0.05) is 54.6 Å². The Hall–Kier alpha value is -4.18. The first-order valence-corrected chi connectivity index (χ1v) is 11.4. The van der Waals surface area contributed by atoms with Gasteiger partial charge in [0, 0.05) is 24.1 Å². The van der Waals surface area contributed by atoms with E-state index < -0.39 is 11.6 Å². The van der Waals surface area contributed by atoms with Crippen LogP contribution in [0.1, 0.15) is 40.9 Å². The van der Waals surface area contributed by atoms with Crippen LogP contribution < -0.4 is 5.32 Å². The van der Waals surface area contributed by atoms with Gasteiger partial charge >= 0.3 is 6.09 Å². The molecule has 0 atom stereocenters. The SMILES string of the molecule is N#CCN1CCc2nc(-c3ccc(C4(NC(=O)O)CCC4)cc3)c(-c3ccccc3)cc2C1=O. The van der Waals surface area contributed by atoms with E-state index in [1.54, 1.807) is 4.90 Å². The molecule has 7 nitrogen and oxygen atoms in total. The number of carbonyl (C=O) groups is 2. The molecule has 2 amide bonds. The van der Waals surface area contributed by atoms with Crippen molar-refractivity contribution in [2.45, 2.75) is 31.2 Å². The summed E-state index contributed by atoms with van der Waals surface area (Å²) in [6, 6.07) is 21.7. The van der Waals surface area contributed by atoms with Gasteiger partial charge in [-0.25, -0.2) is 4.79 Å². The standard InChI is InChI=1S/C27H24N4O3/c28-14-16-31-15-11-23-22(25(31)32)17-21(18-5-2-1-3-6-18)24(29-23)19-7-9-20(10-8-19)27(12-4-13-27)30-26(33)34/h1-3,5-10,17,30H,4,11-13,15-16H2,(H,33,34). The number of aromatic nitrogens is 1. The molecule has 1 aliphatic carbocycles. The van der Waals surface area contributed by atoms with E-state index in [1.807, 2.05) is 60.7 Å². The molecular weight excluding hydrogens is 428 g/mol. The summed E-state index contributed by atoms with van der Waals surface area (Å²) < 4.78 is 0. The Kier molecular flexibility index (Phi) is 5.50. The summed E-state index contributed by atoms with van der Waals surface area (Å²) in [5.74, 6) is -0.166. The highest BCUT2D eigenvalue weighted by Gasteiger charge is 2.40. The molecule has 5 rings (SSSR count). The van der Waals surface area contributed by atoms with Crippen LogP contribution in [0.25, 0.3) is 22.4 Å². The van der Waals surface area contributed by atoms with Crippen molar-refractivity contribution in [3.63, 3.8) is 0 Å². The molecule has 0 radical (unpaired) electrons. The molecule has 7 heteroatoms. The van der Waals surface area contributed by atoms with Crippen LogP contribution in [0.5, 0.6) is 0 Å². The zero-order chi connectivity index (χ0) is 23.7. The normalized spacial score (nSPS) is 16.2. The maximum absolute atomic E-state index is 13.0. The monoisotopic (exact) mass is 452 g/mol. The smallest absolute Gasteiger partial charge is 0.405 e. The third kappa shape index (κ3) is 3.77.